The lowest BCUT2D eigenvalue weighted by Gasteiger charge is -2.13. The van der Waals surface area contributed by atoms with E-state index < -0.39 is 23.8 Å². The largest absolute Gasteiger partial charge is 0.463 e. The van der Waals surface area contributed by atoms with Crippen LogP contribution in [0, 0.1) is 0 Å². The van der Waals surface area contributed by atoms with Crippen LogP contribution in [0.1, 0.15) is 38.0 Å². The topological polar surface area (TPSA) is 142 Å². The number of carbonyl (C=O) groups excluding carboxylic acids is 4. The summed E-state index contributed by atoms with van der Waals surface area (Å²) < 4.78 is 9.92. The zero-order valence-corrected chi connectivity index (χ0v) is 16.8. The summed E-state index contributed by atoms with van der Waals surface area (Å²) in [7, 11) is 0. The molecule has 0 bridgehead atoms. The summed E-state index contributed by atoms with van der Waals surface area (Å²) in [5, 5.41) is 0.192. The number of thioether (sulfide) groups is 1. The predicted molar refractivity (Wildman–Crippen MR) is 106 cm³/mol. The van der Waals surface area contributed by atoms with Crippen LogP contribution in [0.25, 0.3) is 0 Å². The second-order valence-electron chi connectivity index (χ2n) is 5.99. The number of nitrogen functional groups attached to an aromatic ring is 1. The van der Waals surface area contributed by atoms with Crippen LogP contribution in [0.15, 0.2) is 35.6 Å². The van der Waals surface area contributed by atoms with Gasteiger partial charge in [0, 0.05) is 6.20 Å². The van der Waals surface area contributed by atoms with Crippen LogP contribution in [0.2, 0.25) is 0 Å². The van der Waals surface area contributed by atoms with Crippen molar-refractivity contribution in [3.8, 4) is 0 Å². The highest BCUT2D eigenvalue weighted by Gasteiger charge is 2.34. The SMILES string of the molecule is CCOC(=O)c1cnc(SCC(=O)OCCN2C(=O)c3ccccc3C2=O)nc1N. The van der Waals surface area contributed by atoms with Gasteiger partial charge in [-0.15, -0.1) is 0 Å². The molecule has 0 spiro atoms. The molecule has 0 atom stereocenters. The monoisotopic (exact) mass is 430 g/mol. The molecule has 10 nitrogen and oxygen atoms in total. The van der Waals surface area contributed by atoms with Gasteiger partial charge in [0.15, 0.2) is 5.16 Å². The highest BCUT2D eigenvalue weighted by molar-refractivity contribution is 7.99. The van der Waals surface area contributed by atoms with Crippen LogP contribution in [0.3, 0.4) is 0 Å². The zero-order chi connectivity index (χ0) is 21.7. The molecule has 30 heavy (non-hydrogen) atoms. The van der Waals surface area contributed by atoms with E-state index in [4.69, 9.17) is 15.2 Å². The third-order valence-electron chi connectivity index (χ3n) is 4.07. The fraction of sp³-hybridized carbons (Fsp3) is 0.263. The first-order valence-corrected chi connectivity index (χ1v) is 9.94. The smallest absolute Gasteiger partial charge is 0.343 e. The Hall–Kier alpha value is -3.47. The second kappa shape index (κ2) is 9.35. The van der Waals surface area contributed by atoms with Crippen molar-refractivity contribution >= 4 is 41.3 Å². The van der Waals surface area contributed by atoms with Crippen molar-refractivity contribution in [2.75, 3.05) is 31.2 Å². The summed E-state index contributed by atoms with van der Waals surface area (Å²) in [5.41, 5.74) is 6.44. The number of rotatable bonds is 8. The number of nitrogens with zero attached hydrogens (tertiary/aromatic N) is 3. The summed E-state index contributed by atoms with van der Waals surface area (Å²) in [6.45, 7) is 1.69. The molecule has 2 aromatic rings. The minimum Gasteiger partial charge on any atom is -0.463 e. The van der Waals surface area contributed by atoms with E-state index in [-0.39, 0.29) is 42.0 Å². The standard InChI is InChI=1S/C19H18N4O6S/c1-2-28-18(27)13-9-21-19(22-15(13)20)30-10-14(24)29-8-7-23-16(25)11-5-3-4-6-12(11)17(23)26/h3-6,9H,2,7-8,10H2,1H3,(H2,20,21,22). The molecule has 2 heterocycles. The van der Waals surface area contributed by atoms with Gasteiger partial charge >= 0.3 is 11.9 Å². The number of amides is 2. The number of fused-ring (bicyclic) bond motifs is 1. The summed E-state index contributed by atoms with van der Waals surface area (Å²) in [4.78, 5) is 57.0. The minimum atomic E-state index is -0.626. The van der Waals surface area contributed by atoms with E-state index in [1.54, 1.807) is 31.2 Å². The van der Waals surface area contributed by atoms with E-state index >= 15 is 0 Å². The number of esters is 2. The molecule has 0 saturated carbocycles. The molecule has 11 heteroatoms. The minimum absolute atomic E-state index is 0.0412. The van der Waals surface area contributed by atoms with Crippen molar-refractivity contribution in [1.82, 2.24) is 14.9 Å². The number of anilines is 1. The van der Waals surface area contributed by atoms with Gasteiger partial charge in [-0.1, -0.05) is 23.9 Å². The number of hydrogen-bond donors (Lipinski definition) is 1. The average Bonchev–Trinajstić information content (AvgIpc) is 2.97. The molecule has 1 aromatic carbocycles. The third kappa shape index (κ3) is 4.57. The zero-order valence-electron chi connectivity index (χ0n) is 16.0. The third-order valence-corrected chi connectivity index (χ3v) is 4.90. The van der Waals surface area contributed by atoms with E-state index in [0.717, 1.165) is 16.7 Å². The van der Waals surface area contributed by atoms with Crippen molar-refractivity contribution in [2.24, 2.45) is 0 Å². The molecule has 2 N–H and O–H groups in total. The van der Waals surface area contributed by atoms with Gasteiger partial charge in [0.2, 0.25) is 0 Å². The molecule has 1 aliphatic rings. The van der Waals surface area contributed by atoms with Crippen molar-refractivity contribution in [3.63, 3.8) is 0 Å². The predicted octanol–water partition coefficient (Wildman–Crippen LogP) is 1.17. The van der Waals surface area contributed by atoms with Gasteiger partial charge in [-0.25, -0.2) is 14.8 Å². The Morgan fingerprint density at radius 2 is 1.80 bits per heavy atom. The molecule has 1 aromatic heterocycles. The van der Waals surface area contributed by atoms with Crippen LogP contribution in [0.5, 0.6) is 0 Å². The number of nitrogens with two attached hydrogens (primary N) is 1. The van der Waals surface area contributed by atoms with Gasteiger partial charge in [-0.3, -0.25) is 19.3 Å². The lowest BCUT2D eigenvalue weighted by atomic mass is 10.1. The summed E-state index contributed by atoms with van der Waals surface area (Å²) in [6, 6.07) is 6.52. The van der Waals surface area contributed by atoms with Crippen LogP contribution in [-0.2, 0) is 14.3 Å². The van der Waals surface area contributed by atoms with Gasteiger partial charge in [0.25, 0.3) is 11.8 Å². The lowest BCUT2D eigenvalue weighted by Crippen LogP contribution is -2.33. The van der Waals surface area contributed by atoms with Crippen LogP contribution in [-0.4, -0.2) is 64.1 Å². The van der Waals surface area contributed by atoms with E-state index in [0.29, 0.717) is 11.1 Å². The van der Waals surface area contributed by atoms with Gasteiger partial charge < -0.3 is 15.2 Å². The fourth-order valence-electron chi connectivity index (χ4n) is 2.67. The van der Waals surface area contributed by atoms with Crippen molar-refractivity contribution in [2.45, 2.75) is 12.1 Å². The molecule has 0 radical (unpaired) electrons. The molecule has 1 aliphatic heterocycles. The number of carbonyl (C=O) groups is 4. The maximum absolute atomic E-state index is 12.2. The van der Waals surface area contributed by atoms with Crippen LogP contribution < -0.4 is 5.73 Å². The molecule has 0 saturated heterocycles. The Labute approximate surface area is 175 Å². The van der Waals surface area contributed by atoms with E-state index in [1.165, 1.54) is 6.20 Å². The van der Waals surface area contributed by atoms with E-state index in [9.17, 15) is 19.2 Å². The highest BCUT2D eigenvalue weighted by atomic mass is 32.2. The summed E-state index contributed by atoms with van der Waals surface area (Å²) >= 11 is 0.974. The Kier molecular flexibility index (Phi) is 6.62. The average molecular weight is 430 g/mol. The maximum Gasteiger partial charge on any atom is 0.343 e. The molecule has 0 aliphatic carbocycles. The summed E-state index contributed by atoms with van der Waals surface area (Å²) in [5.74, 6) is -2.18. The lowest BCUT2D eigenvalue weighted by molar-refractivity contribution is -0.140. The van der Waals surface area contributed by atoms with Crippen LogP contribution >= 0.6 is 11.8 Å². The quantitative estimate of drug-likeness (QED) is 0.281. The van der Waals surface area contributed by atoms with E-state index in [2.05, 4.69) is 9.97 Å². The Morgan fingerprint density at radius 1 is 1.13 bits per heavy atom. The molecule has 3 rings (SSSR count). The van der Waals surface area contributed by atoms with Gasteiger partial charge in [-0.2, -0.15) is 0 Å². The number of hydrogen-bond acceptors (Lipinski definition) is 10. The number of aromatic nitrogens is 2. The first-order chi connectivity index (χ1) is 14.4. The molecule has 0 unspecified atom stereocenters. The van der Waals surface area contributed by atoms with Gasteiger partial charge in [-0.05, 0) is 19.1 Å². The Morgan fingerprint density at radius 3 is 2.40 bits per heavy atom. The first-order valence-electron chi connectivity index (χ1n) is 8.95. The van der Waals surface area contributed by atoms with Gasteiger partial charge in [0.05, 0.1) is 30.0 Å². The molecular formula is C19H18N4O6S. The molecule has 2 amide bonds. The van der Waals surface area contributed by atoms with Crippen molar-refractivity contribution in [1.29, 1.82) is 0 Å². The Balaban J connectivity index is 1.46. The number of imide groups is 1. The van der Waals surface area contributed by atoms with E-state index in [1.807, 2.05) is 0 Å². The first kappa shape index (κ1) is 21.2. The fourth-order valence-corrected chi connectivity index (χ4v) is 3.29. The summed E-state index contributed by atoms with van der Waals surface area (Å²) in [6.07, 6.45) is 1.23. The van der Waals surface area contributed by atoms with Gasteiger partial charge in [0.1, 0.15) is 18.0 Å². The maximum atomic E-state index is 12.2. The Bertz CT molecular complexity index is 977. The molecular weight excluding hydrogens is 412 g/mol. The molecule has 156 valence electrons. The highest BCUT2D eigenvalue weighted by Crippen LogP contribution is 2.22. The normalized spacial score (nSPS) is 12.6. The number of ether oxygens (including phenoxy) is 2. The van der Waals surface area contributed by atoms with Crippen molar-refractivity contribution < 1.29 is 28.7 Å². The second-order valence-corrected chi connectivity index (χ2v) is 6.93. The van der Waals surface area contributed by atoms with Crippen molar-refractivity contribution in [3.05, 3.63) is 47.2 Å². The molecule has 0 fully saturated rings. The van der Waals surface area contributed by atoms with Crippen LogP contribution in [0.4, 0.5) is 5.82 Å². The number of benzene rings is 1.